The minimum atomic E-state index is -0.814. The number of benzene rings is 2. The van der Waals surface area contributed by atoms with Crippen molar-refractivity contribution in [3.63, 3.8) is 0 Å². The molecule has 132 valence electrons. The van der Waals surface area contributed by atoms with Crippen molar-refractivity contribution >= 4 is 28.9 Å². The summed E-state index contributed by atoms with van der Waals surface area (Å²) in [5.41, 5.74) is 2.26. The lowest BCUT2D eigenvalue weighted by Crippen LogP contribution is -2.42. The van der Waals surface area contributed by atoms with Crippen LogP contribution < -0.4 is 10.6 Å². The monoisotopic (exact) mass is 343 g/mol. The van der Waals surface area contributed by atoms with Gasteiger partial charge >= 0.3 is 11.8 Å². The molecule has 4 N–H and O–H groups in total. The Kier molecular flexibility index (Phi) is 6.94. The molecule has 0 heterocycles. The Morgan fingerprint density at radius 1 is 0.800 bits per heavy atom. The van der Waals surface area contributed by atoms with E-state index >= 15 is 0 Å². The molecule has 0 aliphatic heterocycles. The molecule has 25 heavy (non-hydrogen) atoms. The number of rotatable bonds is 7. The number of nitrogens with zero attached hydrogens (tertiary/aromatic N) is 1. The summed E-state index contributed by atoms with van der Waals surface area (Å²) in [4.78, 5) is 25.1. The summed E-state index contributed by atoms with van der Waals surface area (Å²) in [6, 6.07) is 16.6. The van der Waals surface area contributed by atoms with Crippen molar-refractivity contribution in [2.75, 3.05) is 36.9 Å². The molecule has 0 saturated heterocycles. The number of para-hydroxylation sites is 1. The predicted molar refractivity (Wildman–Crippen MR) is 95.5 cm³/mol. The second-order valence-corrected chi connectivity index (χ2v) is 5.26. The lowest BCUT2D eigenvalue weighted by atomic mass is 10.2. The summed E-state index contributed by atoms with van der Waals surface area (Å²) in [5, 5.41) is 23.6. The molecular weight excluding hydrogens is 322 g/mol. The number of carbonyl (C=O) groups is 2. The van der Waals surface area contributed by atoms with E-state index in [-0.39, 0.29) is 26.3 Å². The summed E-state index contributed by atoms with van der Waals surface area (Å²) in [7, 11) is 0. The number of aliphatic hydroxyl groups excluding tert-OH is 2. The van der Waals surface area contributed by atoms with E-state index < -0.39 is 11.8 Å². The average Bonchev–Trinajstić information content (AvgIpc) is 2.63. The van der Waals surface area contributed by atoms with Crippen LogP contribution in [-0.4, -0.2) is 53.2 Å². The third kappa shape index (κ3) is 5.59. The number of hydrogen-bond acceptors (Lipinski definition) is 5. The molecule has 2 amide bonds. The van der Waals surface area contributed by atoms with Crippen LogP contribution in [0.5, 0.6) is 0 Å². The quantitative estimate of drug-likeness (QED) is 0.566. The van der Waals surface area contributed by atoms with Crippen LogP contribution in [0.25, 0.3) is 0 Å². The number of nitrogens with one attached hydrogen (secondary N) is 2. The Morgan fingerprint density at radius 3 is 1.88 bits per heavy atom. The van der Waals surface area contributed by atoms with Crippen molar-refractivity contribution in [1.82, 2.24) is 4.90 Å². The summed E-state index contributed by atoms with van der Waals surface area (Å²) >= 11 is 0. The van der Waals surface area contributed by atoms with Crippen molar-refractivity contribution in [1.29, 1.82) is 0 Å². The fourth-order valence-corrected chi connectivity index (χ4v) is 2.21. The number of carbonyl (C=O) groups excluding carboxylic acids is 2. The Bertz CT molecular complexity index is 683. The molecule has 0 saturated carbocycles. The zero-order chi connectivity index (χ0) is 18.1. The third-order valence-electron chi connectivity index (χ3n) is 3.43. The fraction of sp³-hybridized carbons (Fsp3) is 0.222. The lowest BCUT2D eigenvalue weighted by Gasteiger charge is -2.19. The van der Waals surface area contributed by atoms with Gasteiger partial charge in [0.15, 0.2) is 0 Å². The maximum Gasteiger partial charge on any atom is 0.313 e. The lowest BCUT2D eigenvalue weighted by molar-refractivity contribution is -0.143. The van der Waals surface area contributed by atoms with Crippen LogP contribution in [0.3, 0.4) is 0 Å². The van der Waals surface area contributed by atoms with Gasteiger partial charge in [-0.3, -0.25) is 9.59 Å². The number of hydrogen-bond donors (Lipinski definition) is 4. The first-order valence-electron chi connectivity index (χ1n) is 7.88. The van der Waals surface area contributed by atoms with Gasteiger partial charge in [-0.2, -0.15) is 0 Å². The highest BCUT2D eigenvalue weighted by atomic mass is 16.3. The topological polar surface area (TPSA) is 102 Å². The van der Waals surface area contributed by atoms with E-state index in [1.807, 2.05) is 30.3 Å². The molecule has 0 unspecified atom stereocenters. The van der Waals surface area contributed by atoms with Crippen molar-refractivity contribution in [3.8, 4) is 0 Å². The third-order valence-corrected chi connectivity index (χ3v) is 3.43. The van der Waals surface area contributed by atoms with Crippen LogP contribution >= 0.6 is 0 Å². The molecule has 7 nitrogen and oxygen atoms in total. The number of anilines is 3. The van der Waals surface area contributed by atoms with Crippen molar-refractivity contribution in [2.24, 2.45) is 0 Å². The van der Waals surface area contributed by atoms with Gasteiger partial charge in [-0.25, -0.2) is 0 Å². The largest absolute Gasteiger partial charge is 0.395 e. The highest BCUT2D eigenvalue weighted by Gasteiger charge is 2.21. The molecule has 0 radical (unpaired) electrons. The van der Waals surface area contributed by atoms with Crippen LogP contribution in [0.4, 0.5) is 17.1 Å². The Balaban J connectivity index is 1.95. The molecule has 2 aromatic carbocycles. The predicted octanol–water partition coefficient (Wildman–Crippen LogP) is 1.18. The van der Waals surface area contributed by atoms with Gasteiger partial charge < -0.3 is 25.7 Å². The zero-order valence-corrected chi connectivity index (χ0v) is 13.7. The van der Waals surface area contributed by atoms with E-state index in [0.717, 1.165) is 16.3 Å². The Morgan fingerprint density at radius 2 is 1.32 bits per heavy atom. The minimum Gasteiger partial charge on any atom is -0.395 e. The maximum absolute atomic E-state index is 12.0. The molecule has 0 aromatic heterocycles. The zero-order valence-electron chi connectivity index (χ0n) is 13.7. The maximum atomic E-state index is 12.0. The molecule has 0 aliphatic rings. The van der Waals surface area contributed by atoms with E-state index in [1.54, 1.807) is 24.3 Å². The van der Waals surface area contributed by atoms with Gasteiger partial charge in [-0.05, 0) is 36.4 Å². The van der Waals surface area contributed by atoms with Gasteiger partial charge in [-0.15, -0.1) is 0 Å². The highest BCUT2D eigenvalue weighted by molar-refractivity contribution is 6.39. The van der Waals surface area contributed by atoms with E-state index in [4.69, 9.17) is 10.2 Å². The van der Waals surface area contributed by atoms with Crippen molar-refractivity contribution in [2.45, 2.75) is 0 Å². The number of aliphatic hydroxyl groups is 2. The summed E-state index contributed by atoms with van der Waals surface area (Å²) in [5.74, 6) is -1.61. The second kappa shape index (κ2) is 9.41. The molecule has 2 rings (SSSR count). The molecule has 0 spiro atoms. The summed E-state index contributed by atoms with van der Waals surface area (Å²) in [6.45, 7) is -0.572. The van der Waals surface area contributed by atoms with Gasteiger partial charge in [0.1, 0.15) is 0 Å². The van der Waals surface area contributed by atoms with E-state index in [9.17, 15) is 9.59 Å². The SMILES string of the molecule is O=C(Nc1ccc(Nc2ccccc2)cc1)C(=O)N(CCO)CCO. The summed E-state index contributed by atoms with van der Waals surface area (Å²) < 4.78 is 0. The second-order valence-electron chi connectivity index (χ2n) is 5.26. The van der Waals surface area contributed by atoms with Gasteiger partial charge in [0.25, 0.3) is 0 Å². The van der Waals surface area contributed by atoms with Crippen molar-refractivity contribution in [3.05, 3.63) is 54.6 Å². The first-order chi connectivity index (χ1) is 12.1. The summed E-state index contributed by atoms with van der Waals surface area (Å²) in [6.07, 6.45) is 0. The minimum absolute atomic E-state index is 0.00720. The Hall–Kier alpha value is -2.90. The van der Waals surface area contributed by atoms with E-state index in [1.165, 1.54) is 0 Å². The van der Waals surface area contributed by atoms with Gasteiger partial charge in [0, 0.05) is 30.2 Å². The molecular formula is C18H21N3O4. The first kappa shape index (κ1) is 18.4. The molecule has 0 aliphatic carbocycles. The van der Waals surface area contributed by atoms with Gasteiger partial charge in [-0.1, -0.05) is 18.2 Å². The van der Waals surface area contributed by atoms with Gasteiger partial charge in [0.05, 0.1) is 13.2 Å². The Labute approximate surface area is 145 Å². The van der Waals surface area contributed by atoms with Crippen LogP contribution in [-0.2, 0) is 9.59 Å². The van der Waals surface area contributed by atoms with Gasteiger partial charge in [0.2, 0.25) is 0 Å². The van der Waals surface area contributed by atoms with Crippen LogP contribution in [0.2, 0.25) is 0 Å². The highest BCUT2D eigenvalue weighted by Crippen LogP contribution is 2.18. The van der Waals surface area contributed by atoms with Crippen LogP contribution in [0, 0.1) is 0 Å². The van der Waals surface area contributed by atoms with Crippen LogP contribution in [0.15, 0.2) is 54.6 Å². The van der Waals surface area contributed by atoms with E-state index in [0.29, 0.717) is 5.69 Å². The van der Waals surface area contributed by atoms with E-state index in [2.05, 4.69) is 10.6 Å². The van der Waals surface area contributed by atoms with Crippen LogP contribution in [0.1, 0.15) is 0 Å². The van der Waals surface area contributed by atoms with Crippen molar-refractivity contribution < 1.29 is 19.8 Å². The number of amides is 2. The molecule has 0 atom stereocenters. The molecule has 0 fully saturated rings. The average molecular weight is 343 g/mol. The fourth-order valence-electron chi connectivity index (χ4n) is 2.21. The smallest absolute Gasteiger partial charge is 0.313 e. The molecule has 7 heteroatoms. The molecule has 0 bridgehead atoms. The normalized spacial score (nSPS) is 10.2. The standard InChI is InChI=1S/C18H21N3O4/c22-12-10-21(11-13-23)18(25)17(24)20-16-8-6-15(7-9-16)19-14-4-2-1-3-5-14/h1-9,19,22-23H,10-13H2,(H,20,24). The first-order valence-corrected chi connectivity index (χ1v) is 7.88. The molecule has 2 aromatic rings.